The van der Waals surface area contributed by atoms with Gasteiger partial charge in [-0.05, 0) is 48.9 Å². The first kappa shape index (κ1) is 17.2. The van der Waals surface area contributed by atoms with Gasteiger partial charge < -0.3 is 5.32 Å². The lowest BCUT2D eigenvalue weighted by Crippen LogP contribution is -2.14. The van der Waals surface area contributed by atoms with E-state index in [1.165, 1.54) is 6.07 Å². The molecular weight excluding hydrogens is 365 g/mol. The molecule has 0 atom stereocenters. The Bertz CT molecular complexity index is 1170. The van der Waals surface area contributed by atoms with Crippen molar-refractivity contribution in [3.63, 3.8) is 0 Å². The number of nitrogens with zero attached hydrogens (tertiary/aromatic N) is 2. The third-order valence-electron chi connectivity index (χ3n) is 4.21. The van der Waals surface area contributed by atoms with Crippen LogP contribution in [0.25, 0.3) is 16.9 Å². The fraction of sp³-hybridized carbons (Fsp3) is 0.0476. The molecule has 2 aromatic heterocycles. The Morgan fingerprint density at radius 3 is 2.70 bits per heavy atom. The number of carbonyl (C=O) groups is 1. The molecule has 2 heterocycles. The number of aromatic nitrogens is 2. The number of amides is 1. The van der Waals surface area contributed by atoms with Gasteiger partial charge in [0.25, 0.3) is 5.91 Å². The van der Waals surface area contributed by atoms with E-state index in [2.05, 4.69) is 10.3 Å². The van der Waals surface area contributed by atoms with Gasteiger partial charge in [-0.2, -0.15) is 0 Å². The van der Waals surface area contributed by atoms with Gasteiger partial charge in [-0.25, -0.2) is 9.37 Å². The van der Waals surface area contributed by atoms with Crippen molar-refractivity contribution in [1.82, 2.24) is 9.38 Å². The van der Waals surface area contributed by atoms with Crippen molar-refractivity contribution in [1.29, 1.82) is 0 Å². The summed E-state index contributed by atoms with van der Waals surface area (Å²) in [7, 11) is 0. The van der Waals surface area contributed by atoms with E-state index >= 15 is 0 Å². The Morgan fingerprint density at radius 2 is 1.93 bits per heavy atom. The summed E-state index contributed by atoms with van der Waals surface area (Å²) in [5, 5.41) is 3.33. The van der Waals surface area contributed by atoms with Gasteiger partial charge >= 0.3 is 0 Å². The predicted octanol–water partition coefficient (Wildman–Crippen LogP) is 5.35. The van der Waals surface area contributed by atoms with E-state index in [0.717, 1.165) is 5.56 Å². The van der Waals surface area contributed by atoms with E-state index in [0.29, 0.717) is 33.3 Å². The van der Waals surface area contributed by atoms with Crippen molar-refractivity contribution in [3.8, 4) is 11.3 Å². The van der Waals surface area contributed by atoms with Crippen molar-refractivity contribution in [2.45, 2.75) is 6.92 Å². The standard InChI is InChI=1S/C21H15ClFN3O/c1-13-9-10-18-24-19(16-7-2-3-8-17(16)23)20(26(18)12-13)25-21(27)14-5-4-6-15(22)11-14/h2-12H,1H3,(H,25,27). The number of aryl methyl sites for hydroxylation is 1. The number of carbonyl (C=O) groups excluding carboxylic acids is 1. The van der Waals surface area contributed by atoms with E-state index < -0.39 is 5.82 Å². The summed E-state index contributed by atoms with van der Waals surface area (Å²) in [6, 6.07) is 16.7. The van der Waals surface area contributed by atoms with Crippen LogP contribution in [-0.2, 0) is 0 Å². The number of fused-ring (bicyclic) bond motifs is 1. The minimum atomic E-state index is -0.407. The van der Waals surface area contributed by atoms with Crippen molar-refractivity contribution in [2.75, 3.05) is 5.32 Å². The van der Waals surface area contributed by atoms with Gasteiger partial charge in [0.05, 0.1) is 0 Å². The molecule has 6 heteroatoms. The molecule has 1 amide bonds. The zero-order valence-corrected chi connectivity index (χ0v) is 15.2. The van der Waals surface area contributed by atoms with Crippen LogP contribution in [0.2, 0.25) is 5.02 Å². The van der Waals surface area contributed by atoms with Gasteiger partial charge in [0, 0.05) is 22.3 Å². The molecule has 0 aliphatic heterocycles. The molecule has 1 N–H and O–H groups in total. The molecule has 0 saturated heterocycles. The molecule has 4 rings (SSSR count). The van der Waals surface area contributed by atoms with Gasteiger partial charge in [0.15, 0.2) is 0 Å². The Labute approximate surface area is 160 Å². The Morgan fingerprint density at radius 1 is 1.11 bits per heavy atom. The second kappa shape index (κ2) is 6.85. The highest BCUT2D eigenvalue weighted by molar-refractivity contribution is 6.31. The van der Waals surface area contributed by atoms with Crippen molar-refractivity contribution >= 4 is 29.0 Å². The van der Waals surface area contributed by atoms with Crippen LogP contribution in [0.15, 0.2) is 66.9 Å². The Kier molecular flexibility index (Phi) is 4.38. The zero-order chi connectivity index (χ0) is 19.0. The van der Waals surface area contributed by atoms with Crippen LogP contribution in [0.4, 0.5) is 10.2 Å². The molecule has 0 aliphatic carbocycles. The number of benzene rings is 2. The Balaban J connectivity index is 1.87. The number of hydrogen-bond donors (Lipinski definition) is 1. The van der Waals surface area contributed by atoms with Crippen LogP contribution >= 0.6 is 11.6 Å². The third-order valence-corrected chi connectivity index (χ3v) is 4.45. The maximum Gasteiger partial charge on any atom is 0.256 e. The summed E-state index contributed by atoms with van der Waals surface area (Å²) in [6.45, 7) is 1.94. The topological polar surface area (TPSA) is 46.4 Å². The minimum absolute atomic E-state index is 0.320. The van der Waals surface area contributed by atoms with Gasteiger partial charge in [0.1, 0.15) is 23.0 Å². The molecule has 0 saturated carbocycles. The number of halogens is 2. The fourth-order valence-electron chi connectivity index (χ4n) is 2.92. The minimum Gasteiger partial charge on any atom is -0.306 e. The summed E-state index contributed by atoms with van der Waals surface area (Å²) in [6.07, 6.45) is 1.85. The lowest BCUT2D eigenvalue weighted by Gasteiger charge is -2.09. The van der Waals surface area contributed by atoms with Gasteiger partial charge in [-0.1, -0.05) is 35.9 Å². The summed E-state index contributed by atoms with van der Waals surface area (Å²) in [4.78, 5) is 17.3. The number of anilines is 1. The van der Waals surface area contributed by atoms with Crippen LogP contribution in [0.5, 0.6) is 0 Å². The smallest absolute Gasteiger partial charge is 0.256 e. The molecule has 4 nitrogen and oxygen atoms in total. The zero-order valence-electron chi connectivity index (χ0n) is 14.4. The van der Waals surface area contributed by atoms with Crippen LogP contribution in [0.3, 0.4) is 0 Å². The predicted molar refractivity (Wildman–Crippen MR) is 105 cm³/mol. The summed E-state index contributed by atoms with van der Waals surface area (Å²) in [5.74, 6) is -0.349. The largest absolute Gasteiger partial charge is 0.306 e. The monoisotopic (exact) mass is 379 g/mol. The number of rotatable bonds is 3. The van der Waals surface area contributed by atoms with Crippen molar-refractivity contribution in [2.24, 2.45) is 0 Å². The van der Waals surface area contributed by atoms with E-state index in [1.807, 2.05) is 25.3 Å². The van der Waals surface area contributed by atoms with Crippen LogP contribution in [0, 0.1) is 12.7 Å². The second-order valence-corrected chi connectivity index (χ2v) is 6.62. The van der Waals surface area contributed by atoms with Crippen LogP contribution in [0.1, 0.15) is 15.9 Å². The Hall–Kier alpha value is -3.18. The maximum absolute atomic E-state index is 14.4. The molecule has 2 aromatic carbocycles. The number of hydrogen-bond acceptors (Lipinski definition) is 2. The fourth-order valence-corrected chi connectivity index (χ4v) is 3.11. The molecule has 4 aromatic rings. The lowest BCUT2D eigenvalue weighted by molar-refractivity contribution is 0.102. The molecule has 0 spiro atoms. The maximum atomic E-state index is 14.4. The molecule has 0 bridgehead atoms. The number of pyridine rings is 1. The summed E-state index contributed by atoms with van der Waals surface area (Å²) in [5.41, 5.74) is 2.69. The highest BCUT2D eigenvalue weighted by Gasteiger charge is 2.19. The van der Waals surface area contributed by atoms with Gasteiger partial charge in [-0.15, -0.1) is 0 Å². The highest BCUT2D eigenvalue weighted by Crippen LogP contribution is 2.31. The SMILES string of the molecule is Cc1ccc2nc(-c3ccccc3F)c(NC(=O)c3cccc(Cl)c3)n2c1. The van der Waals surface area contributed by atoms with E-state index in [-0.39, 0.29) is 5.91 Å². The first-order valence-electron chi connectivity index (χ1n) is 8.33. The second-order valence-electron chi connectivity index (χ2n) is 6.19. The van der Waals surface area contributed by atoms with Crippen molar-refractivity contribution in [3.05, 3.63) is 88.8 Å². The summed E-state index contributed by atoms with van der Waals surface area (Å²) < 4.78 is 16.1. The lowest BCUT2D eigenvalue weighted by atomic mass is 10.1. The van der Waals surface area contributed by atoms with Crippen molar-refractivity contribution < 1.29 is 9.18 Å². The van der Waals surface area contributed by atoms with Crippen LogP contribution < -0.4 is 5.32 Å². The molecule has 0 aliphatic rings. The first-order valence-corrected chi connectivity index (χ1v) is 8.71. The first-order chi connectivity index (χ1) is 13.0. The van der Waals surface area contributed by atoms with Gasteiger partial charge in [0.2, 0.25) is 0 Å². The number of imidazole rings is 1. The van der Waals surface area contributed by atoms with E-state index in [4.69, 9.17) is 11.6 Å². The average molecular weight is 380 g/mol. The molecule has 0 radical (unpaired) electrons. The third kappa shape index (κ3) is 3.29. The molecule has 0 unspecified atom stereocenters. The highest BCUT2D eigenvalue weighted by atomic mass is 35.5. The molecule has 0 fully saturated rings. The van der Waals surface area contributed by atoms with E-state index in [9.17, 15) is 9.18 Å². The average Bonchev–Trinajstić information content (AvgIpc) is 2.99. The number of nitrogens with one attached hydrogen (secondary N) is 1. The normalized spacial score (nSPS) is 10.9. The van der Waals surface area contributed by atoms with Crippen LogP contribution in [-0.4, -0.2) is 15.3 Å². The molecule has 27 heavy (non-hydrogen) atoms. The molecular formula is C21H15ClFN3O. The van der Waals surface area contributed by atoms with E-state index in [1.54, 1.807) is 46.9 Å². The van der Waals surface area contributed by atoms with Gasteiger partial charge in [-0.3, -0.25) is 9.20 Å². The quantitative estimate of drug-likeness (QED) is 0.521. The summed E-state index contributed by atoms with van der Waals surface area (Å²) >= 11 is 5.99. The molecule has 134 valence electrons.